The molecule has 1 aromatic carbocycles. The summed E-state index contributed by atoms with van der Waals surface area (Å²) in [6, 6.07) is 7.99. The van der Waals surface area contributed by atoms with Gasteiger partial charge in [-0.3, -0.25) is 4.79 Å². The summed E-state index contributed by atoms with van der Waals surface area (Å²) in [5, 5.41) is 0. The zero-order valence-corrected chi connectivity index (χ0v) is 20.0. The predicted octanol–water partition coefficient (Wildman–Crippen LogP) is 3.38. The van der Waals surface area contributed by atoms with Gasteiger partial charge in [-0.15, -0.1) is 0 Å². The second-order valence-electron chi connectivity index (χ2n) is 8.51. The van der Waals surface area contributed by atoms with E-state index in [1.165, 1.54) is 18.5 Å². The summed E-state index contributed by atoms with van der Waals surface area (Å²) in [7, 11) is 0. The fraction of sp³-hybridized carbons (Fsp3) is 0.222. The standard InChI is InChI=1S/C27H24FN7O/c1-3-23-21(7-4-18-5-9-24(29)30-14-18)26(33-16-32-23)19-6-8-20(22(28)12-19)27(36)34-10-11-35-17(2)13-31-25(35)15-34/h5-6,8-9,12-14,16H,3,10-11,15H2,1-2H3,(H2,29,30). The van der Waals surface area contributed by atoms with Crippen LogP contribution in [-0.2, 0) is 19.5 Å². The van der Waals surface area contributed by atoms with Crippen LogP contribution >= 0.6 is 0 Å². The molecule has 180 valence electrons. The van der Waals surface area contributed by atoms with Crippen LogP contribution in [0.2, 0.25) is 0 Å². The van der Waals surface area contributed by atoms with E-state index in [4.69, 9.17) is 5.73 Å². The van der Waals surface area contributed by atoms with Gasteiger partial charge in [-0.1, -0.05) is 24.8 Å². The van der Waals surface area contributed by atoms with Gasteiger partial charge in [0, 0.05) is 42.3 Å². The molecular formula is C27H24FN7O. The number of hydrogen-bond donors (Lipinski definition) is 1. The van der Waals surface area contributed by atoms with Gasteiger partial charge in [-0.2, -0.15) is 0 Å². The minimum atomic E-state index is -0.610. The van der Waals surface area contributed by atoms with Gasteiger partial charge < -0.3 is 15.2 Å². The minimum Gasteiger partial charge on any atom is -0.384 e. The molecule has 0 spiro atoms. The van der Waals surface area contributed by atoms with E-state index in [9.17, 15) is 4.79 Å². The predicted molar refractivity (Wildman–Crippen MR) is 133 cm³/mol. The number of carbonyl (C=O) groups is 1. The molecule has 5 rings (SSSR count). The maximum Gasteiger partial charge on any atom is 0.257 e. The molecule has 1 aliphatic rings. The summed E-state index contributed by atoms with van der Waals surface area (Å²) < 4.78 is 17.4. The Morgan fingerprint density at radius 1 is 1.08 bits per heavy atom. The number of nitrogens with two attached hydrogens (primary N) is 1. The number of hydrogen-bond acceptors (Lipinski definition) is 6. The van der Waals surface area contributed by atoms with Crippen LogP contribution in [0.4, 0.5) is 10.2 Å². The van der Waals surface area contributed by atoms with Crippen LogP contribution in [0, 0.1) is 24.6 Å². The Kier molecular flexibility index (Phi) is 6.17. The Labute approximate surface area is 208 Å². The van der Waals surface area contributed by atoms with Gasteiger partial charge in [0.1, 0.15) is 23.8 Å². The average Bonchev–Trinajstić information content (AvgIpc) is 3.27. The molecule has 0 saturated carbocycles. The fourth-order valence-electron chi connectivity index (χ4n) is 4.25. The molecule has 4 aromatic rings. The van der Waals surface area contributed by atoms with E-state index < -0.39 is 5.82 Å². The summed E-state index contributed by atoms with van der Waals surface area (Å²) in [6.45, 7) is 5.43. The molecule has 2 N–H and O–H groups in total. The highest BCUT2D eigenvalue weighted by molar-refractivity contribution is 5.95. The zero-order chi connectivity index (χ0) is 25.2. The number of halogens is 1. The highest BCUT2D eigenvalue weighted by atomic mass is 19.1. The molecule has 0 aliphatic carbocycles. The Balaban J connectivity index is 1.46. The molecule has 0 bridgehead atoms. The van der Waals surface area contributed by atoms with Crippen molar-refractivity contribution in [1.82, 2.24) is 29.4 Å². The third-order valence-electron chi connectivity index (χ3n) is 6.20. The van der Waals surface area contributed by atoms with Crippen molar-refractivity contribution in [2.45, 2.75) is 33.4 Å². The second-order valence-corrected chi connectivity index (χ2v) is 8.51. The summed E-state index contributed by atoms with van der Waals surface area (Å²) in [5.41, 5.74) is 9.78. The number of amides is 1. The first-order chi connectivity index (χ1) is 17.4. The van der Waals surface area contributed by atoms with Gasteiger partial charge >= 0.3 is 0 Å². The van der Waals surface area contributed by atoms with Crippen LogP contribution in [0.5, 0.6) is 0 Å². The Morgan fingerprint density at radius 3 is 2.69 bits per heavy atom. The van der Waals surface area contributed by atoms with Crippen molar-refractivity contribution in [3.8, 4) is 23.1 Å². The number of carbonyl (C=O) groups excluding carboxylic acids is 1. The molecule has 1 amide bonds. The van der Waals surface area contributed by atoms with Crippen molar-refractivity contribution < 1.29 is 9.18 Å². The van der Waals surface area contributed by atoms with Crippen molar-refractivity contribution in [2.75, 3.05) is 12.3 Å². The van der Waals surface area contributed by atoms with Crippen LogP contribution in [0.3, 0.4) is 0 Å². The molecule has 4 heterocycles. The lowest BCUT2D eigenvalue weighted by molar-refractivity contribution is 0.0702. The Morgan fingerprint density at radius 2 is 1.94 bits per heavy atom. The van der Waals surface area contributed by atoms with E-state index in [1.54, 1.807) is 35.5 Å². The Bertz CT molecular complexity index is 1520. The molecule has 36 heavy (non-hydrogen) atoms. The number of aryl methyl sites for hydroxylation is 2. The molecule has 1 aliphatic heterocycles. The van der Waals surface area contributed by atoms with Crippen LogP contribution in [-0.4, -0.2) is 41.9 Å². The first kappa shape index (κ1) is 23.2. The molecule has 0 unspecified atom stereocenters. The molecule has 9 heteroatoms. The lowest BCUT2D eigenvalue weighted by Gasteiger charge is -2.28. The van der Waals surface area contributed by atoms with E-state index in [-0.39, 0.29) is 11.5 Å². The zero-order valence-electron chi connectivity index (χ0n) is 20.0. The van der Waals surface area contributed by atoms with Gasteiger partial charge in [-0.25, -0.2) is 24.3 Å². The van der Waals surface area contributed by atoms with Crippen molar-refractivity contribution in [1.29, 1.82) is 0 Å². The monoisotopic (exact) mass is 481 g/mol. The maximum atomic E-state index is 15.3. The number of imidazole rings is 1. The number of anilines is 1. The largest absolute Gasteiger partial charge is 0.384 e. The normalized spacial score (nSPS) is 12.6. The Hall–Kier alpha value is -4.58. The number of nitrogen functional groups attached to an aromatic ring is 1. The van der Waals surface area contributed by atoms with Crippen molar-refractivity contribution in [2.24, 2.45) is 0 Å². The number of benzene rings is 1. The quantitative estimate of drug-likeness (QED) is 0.450. The number of pyridine rings is 1. The maximum absolute atomic E-state index is 15.3. The molecule has 3 aromatic heterocycles. The van der Waals surface area contributed by atoms with Crippen LogP contribution in [0.25, 0.3) is 11.3 Å². The molecular weight excluding hydrogens is 457 g/mol. The van der Waals surface area contributed by atoms with Crippen LogP contribution in [0.1, 0.15) is 45.6 Å². The van der Waals surface area contributed by atoms with Crippen molar-refractivity contribution >= 4 is 11.7 Å². The van der Waals surface area contributed by atoms with Gasteiger partial charge in [0.2, 0.25) is 0 Å². The smallest absolute Gasteiger partial charge is 0.257 e. The molecule has 0 fully saturated rings. The minimum absolute atomic E-state index is 0.0147. The number of rotatable bonds is 3. The van der Waals surface area contributed by atoms with Gasteiger partial charge in [-0.05, 0) is 37.6 Å². The van der Waals surface area contributed by atoms with E-state index in [2.05, 4.69) is 36.3 Å². The molecule has 0 radical (unpaired) electrons. The van der Waals surface area contributed by atoms with E-state index in [0.29, 0.717) is 54.3 Å². The number of fused-ring (bicyclic) bond motifs is 1. The van der Waals surface area contributed by atoms with Crippen molar-refractivity contribution in [3.05, 3.63) is 88.8 Å². The highest BCUT2D eigenvalue weighted by Gasteiger charge is 2.25. The lowest BCUT2D eigenvalue weighted by Crippen LogP contribution is -2.39. The van der Waals surface area contributed by atoms with Crippen molar-refractivity contribution in [3.63, 3.8) is 0 Å². The van der Waals surface area contributed by atoms with Gasteiger partial charge in [0.05, 0.1) is 29.1 Å². The van der Waals surface area contributed by atoms with Gasteiger partial charge in [0.15, 0.2) is 0 Å². The van der Waals surface area contributed by atoms with Gasteiger partial charge in [0.25, 0.3) is 5.91 Å². The molecule has 8 nitrogen and oxygen atoms in total. The van der Waals surface area contributed by atoms with E-state index in [1.807, 2.05) is 13.8 Å². The average molecular weight is 482 g/mol. The second kappa shape index (κ2) is 9.58. The molecule has 0 saturated heterocycles. The summed E-state index contributed by atoms with van der Waals surface area (Å²) >= 11 is 0. The number of aromatic nitrogens is 5. The SMILES string of the molecule is CCc1ncnc(-c2ccc(C(=O)N3CCn4c(C)cnc4C3)c(F)c2)c1C#Cc1ccc(N)nc1. The van der Waals surface area contributed by atoms with E-state index in [0.717, 1.165) is 17.2 Å². The van der Waals surface area contributed by atoms with Crippen LogP contribution < -0.4 is 5.73 Å². The highest BCUT2D eigenvalue weighted by Crippen LogP contribution is 2.26. The summed E-state index contributed by atoms with van der Waals surface area (Å²) in [4.78, 5) is 31.9. The summed E-state index contributed by atoms with van der Waals surface area (Å²) in [6.07, 6.45) is 5.45. The molecule has 0 atom stereocenters. The lowest BCUT2D eigenvalue weighted by atomic mass is 10.0. The fourth-order valence-corrected chi connectivity index (χ4v) is 4.25. The number of nitrogens with zero attached hydrogens (tertiary/aromatic N) is 6. The van der Waals surface area contributed by atoms with E-state index >= 15 is 4.39 Å². The van der Waals surface area contributed by atoms with Crippen LogP contribution in [0.15, 0.2) is 49.1 Å². The topological polar surface area (TPSA) is 103 Å². The first-order valence-electron chi connectivity index (χ1n) is 11.6. The first-order valence-corrected chi connectivity index (χ1v) is 11.6. The summed E-state index contributed by atoms with van der Waals surface area (Å²) in [5.74, 6) is 6.42. The third kappa shape index (κ3) is 4.41. The third-order valence-corrected chi connectivity index (χ3v) is 6.20.